The number of thioether (sulfide) groups is 1. The lowest BCUT2D eigenvalue weighted by Crippen LogP contribution is -2.29. The van der Waals surface area contributed by atoms with Crippen LogP contribution in [0.2, 0.25) is 5.02 Å². The van der Waals surface area contributed by atoms with E-state index in [4.69, 9.17) is 11.6 Å². The van der Waals surface area contributed by atoms with Crippen molar-refractivity contribution < 1.29 is 4.79 Å². The molecular weight excluding hydrogens is 314 g/mol. The zero-order chi connectivity index (χ0) is 14.4. The van der Waals surface area contributed by atoms with Gasteiger partial charge in [-0.25, -0.2) is 0 Å². The van der Waals surface area contributed by atoms with Crippen LogP contribution in [0.1, 0.15) is 24.9 Å². The molecule has 106 valence electrons. The second kappa shape index (κ2) is 7.61. The zero-order valence-electron chi connectivity index (χ0n) is 10.9. The summed E-state index contributed by atoms with van der Waals surface area (Å²) in [4.78, 5) is 11.9. The third kappa shape index (κ3) is 4.47. The number of carbonyl (C=O) groups excluding carboxylic acids is 1. The van der Waals surface area contributed by atoms with Crippen LogP contribution in [0, 0.1) is 0 Å². The number of aromatic nitrogens is 2. The standard InChI is InChI=1S/C13H14ClN3OS2/c1-2-11(9-3-5-10(14)6-4-9)16-12(18)7-19-13-17-15-8-20-13/h3-6,8,11H,2,7H2,1H3,(H,16,18). The average molecular weight is 328 g/mol. The van der Waals surface area contributed by atoms with E-state index in [0.717, 1.165) is 16.3 Å². The number of benzene rings is 1. The van der Waals surface area contributed by atoms with Gasteiger partial charge in [0, 0.05) is 5.02 Å². The van der Waals surface area contributed by atoms with Gasteiger partial charge in [-0.2, -0.15) is 0 Å². The van der Waals surface area contributed by atoms with Crippen molar-refractivity contribution in [1.82, 2.24) is 15.5 Å². The van der Waals surface area contributed by atoms with Crippen molar-refractivity contribution in [3.63, 3.8) is 0 Å². The quantitative estimate of drug-likeness (QED) is 0.824. The fourth-order valence-corrected chi connectivity index (χ4v) is 3.13. The molecular formula is C13H14ClN3OS2. The molecule has 20 heavy (non-hydrogen) atoms. The van der Waals surface area contributed by atoms with Crippen LogP contribution in [0.3, 0.4) is 0 Å². The van der Waals surface area contributed by atoms with E-state index in [0.29, 0.717) is 10.8 Å². The van der Waals surface area contributed by atoms with Crippen molar-refractivity contribution in [2.24, 2.45) is 0 Å². The molecule has 0 aliphatic carbocycles. The fourth-order valence-electron chi connectivity index (χ4n) is 1.71. The SMILES string of the molecule is CCC(NC(=O)CSc1nncs1)c1ccc(Cl)cc1. The highest BCUT2D eigenvalue weighted by Crippen LogP contribution is 2.21. The van der Waals surface area contributed by atoms with E-state index in [1.165, 1.54) is 23.1 Å². The lowest BCUT2D eigenvalue weighted by molar-refractivity contribution is -0.119. The van der Waals surface area contributed by atoms with Gasteiger partial charge in [0.25, 0.3) is 0 Å². The minimum atomic E-state index is -0.00741. The monoisotopic (exact) mass is 327 g/mol. The summed E-state index contributed by atoms with van der Waals surface area (Å²) in [6.45, 7) is 2.04. The van der Waals surface area contributed by atoms with Gasteiger partial charge in [-0.15, -0.1) is 10.2 Å². The summed E-state index contributed by atoms with van der Waals surface area (Å²) in [5.41, 5.74) is 2.72. The summed E-state index contributed by atoms with van der Waals surface area (Å²) in [5, 5.41) is 11.3. The maximum Gasteiger partial charge on any atom is 0.230 e. The van der Waals surface area contributed by atoms with Gasteiger partial charge in [-0.3, -0.25) is 4.79 Å². The van der Waals surface area contributed by atoms with Gasteiger partial charge in [-0.05, 0) is 24.1 Å². The van der Waals surface area contributed by atoms with Crippen molar-refractivity contribution in [2.75, 3.05) is 5.75 Å². The number of hydrogen-bond acceptors (Lipinski definition) is 5. The second-order valence-corrected chi connectivity index (χ2v) is 6.57. The van der Waals surface area contributed by atoms with E-state index < -0.39 is 0 Å². The Morgan fingerprint density at radius 2 is 2.20 bits per heavy atom. The van der Waals surface area contributed by atoms with Crippen LogP contribution >= 0.6 is 34.7 Å². The number of rotatable bonds is 6. The van der Waals surface area contributed by atoms with Crippen LogP contribution in [-0.2, 0) is 4.79 Å². The normalized spacial score (nSPS) is 12.1. The summed E-state index contributed by atoms with van der Waals surface area (Å²) >= 11 is 8.70. The smallest absolute Gasteiger partial charge is 0.230 e. The minimum absolute atomic E-state index is 0.00741. The molecule has 1 heterocycles. The van der Waals surface area contributed by atoms with E-state index in [2.05, 4.69) is 15.5 Å². The molecule has 0 radical (unpaired) electrons. The molecule has 1 N–H and O–H groups in total. The van der Waals surface area contributed by atoms with Gasteiger partial charge in [0.1, 0.15) is 5.51 Å². The highest BCUT2D eigenvalue weighted by Gasteiger charge is 2.13. The molecule has 0 aliphatic rings. The number of nitrogens with one attached hydrogen (secondary N) is 1. The topological polar surface area (TPSA) is 54.9 Å². The maximum atomic E-state index is 11.9. The molecule has 1 amide bonds. The molecule has 2 aromatic rings. The van der Waals surface area contributed by atoms with Crippen molar-refractivity contribution >= 4 is 40.6 Å². The Bertz CT molecular complexity index is 545. The first-order valence-corrected chi connectivity index (χ1v) is 8.37. The molecule has 1 aromatic carbocycles. The Morgan fingerprint density at radius 1 is 1.45 bits per heavy atom. The van der Waals surface area contributed by atoms with Gasteiger partial charge in [0.15, 0.2) is 4.34 Å². The van der Waals surface area contributed by atoms with E-state index in [1.54, 1.807) is 5.51 Å². The lowest BCUT2D eigenvalue weighted by Gasteiger charge is -2.17. The Balaban J connectivity index is 1.89. The predicted octanol–water partition coefficient (Wildman–Crippen LogP) is 3.55. The largest absolute Gasteiger partial charge is 0.349 e. The van der Waals surface area contributed by atoms with Gasteiger partial charge < -0.3 is 5.32 Å². The Labute approximate surface area is 130 Å². The third-order valence-corrected chi connectivity index (χ3v) is 4.79. The van der Waals surface area contributed by atoms with Crippen molar-refractivity contribution in [2.45, 2.75) is 23.7 Å². The van der Waals surface area contributed by atoms with Gasteiger partial charge in [0.05, 0.1) is 11.8 Å². The summed E-state index contributed by atoms with van der Waals surface area (Å²) in [7, 11) is 0. The molecule has 0 saturated heterocycles. The molecule has 0 spiro atoms. The number of nitrogens with zero attached hydrogens (tertiary/aromatic N) is 2. The molecule has 7 heteroatoms. The molecule has 1 aromatic heterocycles. The lowest BCUT2D eigenvalue weighted by atomic mass is 10.0. The zero-order valence-corrected chi connectivity index (χ0v) is 13.3. The third-order valence-electron chi connectivity index (χ3n) is 2.68. The van der Waals surface area contributed by atoms with Gasteiger partial charge in [0.2, 0.25) is 5.91 Å². The number of carbonyl (C=O) groups is 1. The first kappa shape index (κ1) is 15.3. The Morgan fingerprint density at radius 3 is 2.80 bits per heavy atom. The maximum absolute atomic E-state index is 11.9. The van der Waals surface area contributed by atoms with Crippen LogP contribution in [-0.4, -0.2) is 21.9 Å². The molecule has 4 nitrogen and oxygen atoms in total. The molecule has 0 saturated carbocycles. The van der Waals surface area contributed by atoms with Gasteiger partial charge >= 0.3 is 0 Å². The average Bonchev–Trinajstić information content (AvgIpc) is 2.97. The summed E-state index contributed by atoms with van der Waals surface area (Å²) in [6, 6.07) is 7.56. The molecule has 1 unspecified atom stereocenters. The molecule has 0 bridgehead atoms. The van der Waals surface area contributed by atoms with E-state index in [-0.39, 0.29) is 11.9 Å². The molecule has 1 atom stereocenters. The highest BCUT2D eigenvalue weighted by molar-refractivity contribution is 8.01. The van der Waals surface area contributed by atoms with Crippen molar-refractivity contribution in [3.8, 4) is 0 Å². The first-order valence-electron chi connectivity index (χ1n) is 6.13. The van der Waals surface area contributed by atoms with Crippen LogP contribution in [0.5, 0.6) is 0 Å². The van der Waals surface area contributed by atoms with Crippen molar-refractivity contribution in [1.29, 1.82) is 0 Å². The fraction of sp³-hybridized carbons (Fsp3) is 0.308. The Hall–Kier alpha value is -1.11. The van der Waals surface area contributed by atoms with Crippen LogP contribution in [0.25, 0.3) is 0 Å². The second-order valence-electron chi connectivity index (χ2n) is 4.07. The Kier molecular flexibility index (Phi) is 5.82. The molecule has 0 fully saturated rings. The van der Waals surface area contributed by atoms with E-state index in [9.17, 15) is 4.79 Å². The highest BCUT2D eigenvalue weighted by atomic mass is 35.5. The van der Waals surface area contributed by atoms with Crippen molar-refractivity contribution in [3.05, 3.63) is 40.4 Å². The molecule has 0 aliphatic heterocycles. The summed E-state index contributed by atoms with van der Waals surface area (Å²) < 4.78 is 0.805. The van der Waals surface area contributed by atoms with Gasteiger partial charge in [-0.1, -0.05) is 53.8 Å². The van der Waals surface area contributed by atoms with Crippen LogP contribution in [0.4, 0.5) is 0 Å². The number of halogens is 1. The summed E-state index contributed by atoms with van der Waals surface area (Å²) in [6.07, 6.45) is 0.830. The predicted molar refractivity (Wildman–Crippen MR) is 83.3 cm³/mol. The van der Waals surface area contributed by atoms with E-state index in [1.807, 2.05) is 31.2 Å². The summed E-state index contributed by atoms with van der Waals surface area (Å²) in [5.74, 6) is 0.339. The van der Waals surface area contributed by atoms with Crippen LogP contribution in [0.15, 0.2) is 34.1 Å². The number of amides is 1. The first-order chi connectivity index (χ1) is 9.69. The molecule has 2 rings (SSSR count). The van der Waals surface area contributed by atoms with E-state index >= 15 is 0 Å². The minimum Gasteiger partial charge on any atom is -0.349 e. The number of hydrogen-bond donors (Lipinski definition) is 1. The van der Waals surface area contributed by atoms with Crippen LogP contribution < -0.4 is 5.32 Å².